The van der Waals surface area contributed by atoms with Gasteiger partial charge in [0.2, 0.25) is 5.13 Å². The molecule has 0 aliphatic rings. The van der Waals surface area contributed by atoms with Crippen molar-refractivity contribution in [3.8, 4) is 5.75 Å². The summed E-state index contributed by atoms with van der Waals surface area (Å²) in [6.07, 6.45) is 1.90. The van der Waals surface area contributed by atoms with Gasteiger partial charge in [0.1, 0.15) is 10.8 Å². The third-order valence-electron chi connectivity index (χ3n) is 2.54. The Morgan fingerprint density at radius 2 is 2.25 bits per heavy atom. The third-order valence-corrected chi connectivity index (χ3v) is 3.43. The standard InChI is InChI=1S/C14H17N3O2S/c1-3-5-13-16-17-14(20-13)15-12(18)9-19-11-7-4-6-10(2)8-11/h4,6-8H,3,5,9H2,1-2H3,(H,15,17,18). The predicted octanol–water partition coefficient (Wildman–Crippen LogP) is 2.82. The highest BCUT2D eigenvalue weighted by Crippen LogP contribution is 2.16. The van der Waals surface area contributed by atoms with E-state index in [1.807, 2.05) is 31.2 Å². The highest BCUT2D eigenvalue weighted by atomic mass is 32.1. The maximum Gasteiger partial charge on any atom is 0.264 e. The number of nitrogens with one attached hydrogen (secondary N) is 1. The topological polar surface area (TPSA) is 64.1 Å². The Bertz CT molecular complexity index is 583. The molecule has 20 heavy (non-hydrogen) atoms. The van der Waals surface area contributed by atoms with Crippen LogP contribution in [0.4, 0.5) is 5.13 Å². The molecule has 2 aromatic rings. The van der Waals surface area contributed by atoms with Crippen molar-refractivity contribution in [1.82, 2.24) is 10.2 Å². The van der Waals surface area contributed by atoms with E-state index in [4.69, 9.17) is 4.74 Å². The number of aryl methyl sites for hydroxylation is 2. The first kappa shape index (κ1) is 14.5. The van der Waals surface area contributed by atoms with Crippen molar-refractivity contribution in [3.05, 3.63) is 34.8 Å². The molecule has 5 nitrogen and oxygen atoms in total. The van der Waals surface area contributed by atoms with Crippen LogP contribution in [0.25, 0.3) is 0 Å². The van der Waals surface area contributed by atoms with E-state index >= 15 is 0 Å². The molecule has 0 fully saturated rings. The second-order valence-electron chi connectivity index (χ2n) is 4.40. The second kappa shape index (κ2) is 7.00. The van der Waals surface area contributed by atoms with Gasteiger partial charge in [-0.3, -0.25) is 10.1 Å². The Hall–Kier alpha value is -1.95. The lowest BCUT2D eigenvalue weighted by atomic mass is 10.2. The number of aromatic nitrogens is 2. The van der Waals surface area contributed by atoms with Crippen molar-refractivity contribution < 1.29 is 9.53 Å². The maximum absolute atomic E-state index is 11.7. The second-order valence-corrected chi connectivity index (χ2v) is 5.47. The highest BCUT2D eigenvalue weighted by Gasteiger charge is 2.08. The van der Waals surface area contributed by atoms with E-state index in [1.54, 1.807) is 0 Å². The summed E-state index contributed by atoms with van der Waals surface area (Å²) in [5, 5.41) is 12.1. The smallest absolute Gasteiger partial charge is 0.264 e. The molecule has 0 spiro atoms. The van der Waals surface area contributed by atoms with Gasteiger partial charge in [-0.1, -0.05) is 30.4 Å². The average molecular weight is 291 g/mol. The molecule has 0 saturated carbocycles. The Kier molecular flexibility index (Phi) is 5.06. The molecule has 2 rings (SSSR count). The minimum atomic E-state index is -0.231. The first-order valence-electron chi connectivity index (χ1n) is 6.49. The summed E-state index contributed by atoms with van der Waals surface area (Å²) in [4.78, 5) is 11.7. The Balaban J connectivity index is 1.82. The van der Waals surface area contributed by atoms with E-state index in [1.165, 1.54) is 11.3 Å². The van der Waals surface area contributed by atoms with Gasteiger partial charge in [-0.25, -0.2) is 0 Å². The molecule has 6 heteroatoms. The van der Waals surface area contributed by atoms with Crippen molar-refractivity contribution in [3.63, 3.8) is 0 Å². The molecule has 1 aromatic heterocycles. The minimum absolute atomic E-state index is 0.0356. The number of ether oxygens (including phenoxy) is 1. The summed E-state index contributed by atoms with van der Waals surface area (Å²) in [6, 6.07) is 7.58. The molecule has 0 unspecified atom stereocenters. The molecule has 0 bridgehead atoms. The molecular weight excluding hydrogens is 274 g/mol. The number of carbonyl (C=O) groups excluding carboxylic acids is 1. The van der Waals surface area contributed by atoms with Gasteiger partial charge < -0.3 is 4.74 Å². The maximum atomic E-state index is 11.7. The normalized spacial score (nSPS) is 10.3. The van der Waals surface area contributed by atoms with Crippen LogP contribution in [0.5, 0.6) is 5.75 Å². The average Bonchev–Trinajstić information content (AvgIpc) is 2.84. The molecule has 0 aliphatic carbocycles. The Labute approximate surface area is 122 Å². The lowest BCUT2D eigenvalue weighted by Crippen LogP contribution is -2.20. The van der Waals surface area contributed by atoms with Crippen molar-refractivity contribution in [1.29, 1.82) is 0 Å². The zero-order valence-corrected chi connectivity index (χ0v) is 12.4. The van der Waals surface area contributed by atoms with E-state index in [2.05, 4.69) is 22.4 Å². The summed E-state index contributed by atoms with van der Waals surface area (Å²) in [6.45, 7) is 4.02. The molecule has 0 saturated heterocycles. The Morgan fingerprint density at radius 3 is 3.00 bits per heavy atom. The molecule has 1 heterocycles. The fourth-order valence-corrected chi connectivity index (χ4v) is 2.49. The molecular formula is C14H17N3O2S. The van der Waals surface area contributed by atoms with Crippen molar-refractivity contribution in [2.45, 2.75) is 26.7 Å². The number of carbonyl (C=O) groups is 1. The van der Waals surface area contributed by atoms with Crippen molar-refractivity contribution in [2.24, 2.45) is 0 Å². The number of rotatable bonds is 6. The molecule has 0 atom stereocenters. The van der Waals surface area contributed by atoms with Crippen LogP contribution in [0.1, 0.15) is 23.9 Å². The monoisotopic (exact) mass is 291 g/mol. The van der Waals surface area contributed by atoms with Gasteiger partial charge >= 0.3 is 0 Å². The fraction of sp³-hybridized carbons (Fsp3) is 0.357. The molecule has 1 N–H and O–H groups in total. The first-order valence-corrected chi connectivity index (χ1v) is 7.30. The van der Waals surface area contributed by atoms with E-state index in [0.717, 1.165) is 23.4 Å². The number of hydrogen-bond acceptors (Lipinski definition) is 5. The quantitative estimate of drug-likeness (QED) is 0.889. The van der Waals surface area contributed by atoms with Gasteiger partial charge in [-0.15, -0.1) is 10.2 Å². The lowest BCUT2D eigenvalue weighted by molar-refractivity contribution is -0.118. The molecule has 0 aliphatic heterocycles. The molecule has 106 valence electrons. The number of amides is 1. The summed E-state index contributed by atoms with van der Waals surface area (Å²) in [7, 11) is 0. The van der Waals surface area contributed by atoms with Crippen molar-refractivity contribution in [2.75, 3.05) is 11.9 Å². The van der Waals surface area contributed by atoms with Crippen LogP contribution in [0, 0.1) is 6.92 Å². The highest BCUT2D eigenvalue weighted by molar-refractivity contribution is 7.15. The van der Waals surface area contributed by atoms with E-state index in [-0.39, 0.29) is 12.5 Å². The number of anilines is 1. The number of nitrogens with zero attached hydrogens (tertiary/aromatic N) is 2. The van der Waals surface area contributed by atoms with Gasteiger partial charge in [0.25, 0.3) is 5.91 Å². The first-order chi connectivity index (χ1) is 9.67. The van der Waals surface area contributed by atoms with Crippen LogP contribution in [-0.4, -0.2) is 22.7 Å². The summed E-state index contributed by atoms with van der Waals surface area (Å²) >= 11 is 1.40. The van der Waals surface area contributed by atoms with Crippen LogP contribution in [0.15, 0.2) is 24.3 Å². The fourth-order valence-electron chi connectivity index (χ4n) is 1.63. The zero-order valence-electron chi connectivity index (χ0n) is 11.5. The van der Waals surface area contributed by atoms with Gasteiger partial charge in [0.15, 0.2) is 6.61 Å². The van der Waals surface area contributed by atoms with Crippen LogP contribution in [0.2, 0.25) is 0 Å². The molecule has 1 amide bonds. The molecule has 1 aromatic carbocycles. The predicted molar refractivity (Wildman–Crippen MR) is 79.2 cm³/mol. The largest absolute Gasteiger partial charge is 0.484 e. The van der Waals surface area contributed by atoms with Gasteiger partial charge in [-0.05, 0) is 31.0 Å². The van der Waals surface area contributed by atoms with E-state index < -0.39 is 0 Å². The SMILES string of the molecule is CCCc1nnc(NC(=O)COc2cccc(C)c2)s1. The van der Waals surface area contributed by atoms with E-state index in [9.17, 15) is 4.79 Å². The number of benzene rings is 1. The minimum Gasteiger partial charge on any atom is -0.484 e. The summed E-state index contributed by atoms with van der Waals surface area (Å²) < 4.78 is 5.42. The zero-order chi connectivity index (χ0) is 14.4. The summed E-state index contributed by atoms with van der Waals surface area (Å²) in [5.74, 6) is 0.454. The van der Waals surface area contributed by atoms with Crippen LogP contribution >= 0.6 is 11.3 Å². The van der Waals surface area contributed by atoms with Gasteiger partial charge in [-0.2, -0.15) is 0 Å². The molecule has 0 radical (unpaired) electrons. The van der Waals surface area contributed by atoms with Gasteiger partial charge in [0.05, 0.1) is 0 Å². The van der Waals surface area contributed by atoms with Crippen LogP contribution in [0.3, 0.4) is 0 Å². The lowest BCUT2D eigenvalue weighted by Gasteiger charge is -2.05. The Morgan fingerprint density at radius 1 is 1.40 bits per heavy atom. The summed E-state index contributed by atoms with van der Waals surface area (Å²) in [5.41, 5.74) is 1.09. The number of hydrogen-bond donors (Lipinski definition) is 1. The van der Waals surface area contributed by atoms with Gasteiger partial charge in [0, 0.05) is 6.42 Å². The van der Waals surface area contributed by atoms with Crippen molar-refractivity contribution >= 4 is 22.4 Å². The van der Waals surface area contributed by atoms with Crippen LogP contribution < -0.4 is 10.1 Å². The van der Waals surface area contributed by atoms with E-state index in [0.29, 0.717) is 10.9 Å². The van der Waals surface area contributed by atoms with Crippen LogP contribution in [-0.2, 0) is 11.2 Å². The third kappa shape index (κ3) is 4.31.